The van der Waals surface area contributed by atoms with Crippen LogP contribution in [0.5, 0.6) is 17.2 Å². The number of methoxy groups -OCH3 is 2. The number of benzene rings is 1. The molecule has 1 aromatic heterocycles. The summed E-state index contributed by atoms with van der Waals surface area (Å²) in [5.41, 5.74) is 0.617. The third kappa shape index (κ3) is 2.67. The zero-order chi connectivity index (χ0) is 16.6. The Morgan fingerprint density at radius 3 is 2.52 bits per heavy atom. The van der Waals surface area contributed by atoms with E-state index in [9.17, 15) is 9.59 Å². The quantitative estimate of drug-likeness (QED) is 0.810. The highest BCUT2D eigenvalue weighted by atomic mass is 16.5. The summed E-state index contributed by atoms with van der Waals surface area (Å²) in [4.78, 5) is 24.1. The van der Waals surface area contributed by atoms with E-state index in [1.807, 2.05) is 0 Å². The molecule has 0 saturated carbocycles. The number of hydrogen-bond donors (Lipinski definition) is 0. The van der Waals surface area contributed by atoms with Crippen molar-refractivity contribution in [2.45, 2.75) is 19.3 Å². The van der Waals surface area contributed by atoms with Crippen LogP contribution in [0.2, 0.25) is 0 Å². The standard InChI is InChI=1S/C17H16O6/c1-9-6-14-16(17(19)22-9)11(8-15(18)23-14)10-4-5-12(20-2)13(7-10)21-3/h4-7,11H,8H2,1-3H3. The molecule has 0 fully saturated rings. The molecule has 6 nitrogen and oxygen atoms in total. The van der Waals surface area contributed by atoms with Gasteiger partial charge < -0.3 is 18.6 Å². The Morgan fingerprint density at radius 2 is 1.83 bits per heavy atom. The molecule has 120 valence electrons. The zero-order valence-corrected chi connectivity index (χ0v) is 13.0. The van der Waals surface area contributed by atoms with Crippen molar-refractivity contribution in [1.29, 1.82) is 0 Å². The van der Waals surface area contributed by atoms with Gasteiger partial charge >= 0.3 is 11.6 Å². The van der Waals surface area contributed by atoms with Crippen molar-refractivity contribution in [2.75, 3.05) is 14.2 Å². The summed E-state index contributed by atoms with van der Waals surface area (Å²) >= 11 is 0. The molecule has 0 radical (unpaired) electrons. The van der Waals surface area contributed by atoms with E-state index in [2.05, 4.69) is 0 Å². The van der Waals surface area contributed by atoms with Gasteiger partial charge in [-0.05, 0) is 24.6 Å². The summed E-state index contributed by atoms with van der Waals surface area (Å²) < 4.78 is 20.9. The second-order valence-corrected chi connectivity index (χ2v) is 5.27. The van der Waals surface area contributed by atoms with Crippen LogP contribution >= 0.6 is 0 Å². The normalized spacial score (nSPS) is 16.5. The van der Waals surface area contributed by atoms with E-state index in [1.165, 1.54) is 7.11 Å². The van der Waals surface area contributed by atoms with Gasteiger partial charge in [-0.2, -0.15) is 0 Å². The third-order valence-electron chi connectivity index (χ3n) is 3.83. The van der Waals surface area contributed by atoms with E-state index in [1.54, 1.807) is 38.3 Å². The molecule has 0 saturated heterocycles. The minimum Gasteiger partial charge on any atom is -0.493 e. The molecular weight excluding hydrogens is 300 g/mol. The van der Waals surface area contributed by atoms with E-state index >= 15 is 0 Å². The van der Waals surface area contributed by atoms with E-state index in [4.69, 9.17) is 18.6 Å². The van der Waals surface area contributed by atoms with Crippen molar-refractivity contribution in [2.24, 2.45) is 0 Å². The molecular formula is C17H16O6. The van der Waals surface area contributed by atoms with Crippen molar-refractivity contribution in [3.8, 4) is 17.2 Å². The van der Waals surface area contributed by atoms with Crippen molar-refractivity contribution in [1.82, 2.24) is 0 Å². The zero-order valence-electron chi connectivity index (χ0n) is 13.0. The highest BCUT2D eigenvalue weighted by Gasteiger charge is 2.32. The van der Waals surface area contributed by atoms with Gasteiger partial charge in [-0.25, -0.2) is 4.79 Å². The molecule has 1 atom stereocenters. The number of fused-ring (bicyclic) bond motifs is 1. The lowest BCUT2D eigenvalue weighted by molar-refractivity contribution is -0.135. The Kier molecular flexibility index (Phi) is 3.82. The Labute approximate surface area is 132 Å². The van der Waals surface area contributed by atoms with Crippen LogP contribution in [0, 0.1) is 6.92 Å². The molecule has 3 rings (SSSR count). The van der Waals surface area contributed by atoms with Crippen molar-refractivity contribution in [3.05, 3.63) is 51.6 Å². The van der Waals surface area contributed by atoms with Gasteiger partial charge in [-0.15, -0.1) is 0 Å². The minimum absolute atomic E-state index is 0.0658. The highest BCUT2D eigenvalue weighted by Crippen LogP contribution is 2.39. The van der Waals surface area contributed by atoms with Crippen LogP contribution < -0.4 is 19.8 Å². The fourth-order valence-electron chi connectivity index (χ4n) is 2.78. The van der Waals surface area contributed by atoms with Gasteiger partial charge in [0, 0.05) is 12.0 Å². The van der Waals surface area contributed by atoms with Gasteiger partial charge in [0.1, 0.15) is 11.5 Å². The predicted octanol–water partition coefficient (Wildman–Crippen LogP) is 2.41. The topological polar surface area (TPSA) is 75.0 Å². The molecule has 1 unspecified atom stereocenters. The monoisotopic (exact) mass is 316 g/mol. The van der Waals surface area contributed by atoms with Gasteiger partial charge in [0.2, 0.25) is 0 Å². The molecule has 1 aromatic carbocycles. The fraction of sp³-hybridized carbons (Fsp3) is 0.294. The maximum absolute atomic E-state index is 12.2. The molecule has 0 bridgehead atoms. The van der Waals surface area contributed by atoms with Crippen LogP contribution in [0.1, 0.15) is 29.2 Å². The number of aryl methyl sites for hydroxylation is 1. The lowest BCUT2D eigenvalue weighted by atomic mass is 9.87. The molecule has 6 heteroatoms. The molecule has 0 spiro atoms. The second-order valence-electron chi connectivity index (χ2n) is 5.27. The van der Waals surface area contributed by atoms with E-state index in [-0.39, 0.29) is 18.1 Å². The summed E-state index contributed by atoms with van der Waals surface area (Å²) in [7, 11) is 3.07. The van der Waals surface area contributed by atoms with Crippen LogP contribution in [0.4, 0.5) is 0 Å². The number of esters is 1. The molecule has 0 amide bonds. The first-order chi connectivity index (χ1) is 11.0. The first-order valence-corrected chi connectivity index (χ1v) is 7.10. The van der Waals surface area contributed by atoms with Crippen LogP contribution in [-0.2, 0) is 4.79 Å². The fourth-order valence-corrected chi connectivity index (χ4v) is 2.78. The lowest BCUT2D eigenvalue weighted by Gasteiger charge is -2.24. The van der Waals surface area contributed by atoms with Crippen LogP contribution in [-0.4, -0.2) is 20.2 Å². The maximum atomic E-state index is 12.2. The van der Waals surface area contributed by atoms with E-state index < -0.39 is 11.5 Å². The van der Waals surface area contributed by atoms with Gasteiger partial charge in [0.05, 0.1) is 26.2 Å². The number of ether oxygens (including phenoxy) is 3. The third-order valence-corrected chi connectivity index (χ3v) is 3.83. The summed E-state index contributed by atoms with van der Waals surface area (Å²) in [6.45, 7) is 1.63. The van der Waals surface area contributed by atoms with E-state index in [0.29, 0.717) is 22.8 Å². The van der Waals surface area contributed by atoms with Crippen molar-refractivity contribution in [3.63, 3.8) is 0 Å². The second kappa shape index (κ2) is 5.79. The van der Waals surface area contributed by atoms with Gasteiger partial charge in [0.25, 0.3) is 0 Å². The molecule has 0 aliphatic carbocycles. The Bertz CT molecular complexity index is 820. The summed E-state index contributed by atoms with van der Waals surface area (Å²) in [5.74, 6) is 0.933. The Balaban J connectivity index is 2.15. The van der Waals surface area contributed by atoms with Gasteiger partial charge in [-0.3, -0.25) is 4.79 Å². The highest BCUT2D eigenvalue weighted by molar-refractivity contribution is 5.77. The van der Waals surface area contributed by atoms with Gasteiger partial charge in [0.15, 0.2) is 11.5 Å². The molecule has 23 heavy (non-hydrogen) atoms. The van der Waals surface area contributed by atoms with Crippen LogP contribution in [0.25, 0.3) is 0 Å². The predicted molar refractivity (Wildman–Crippen MR) is 81.4 cm³/mol. The molecule has 1 aliphatic rings. The Morgan fingerprint density at radius 1 is 1.09 bits per heavy atom. The number of rotatable bonds is 3. The SMILES string of the molecule is COc1ccc(C2CC(=O)Oc3cc(C)oc(=O)c32)cc1OC. The Hall–Kier alpha value is -2.76. The van der Waals surface area contributed by atoms with Crippen molar-refractivity contribution >= 4 is 5.97 Å². The van der Waals surface area contributed by atoms with Gasteiger partial charge in [-0.1, -0.05) is 6.07 Å². The lowest BCUT2D eigenvalue weighted by Crippen LogP contribution is -2.26. The summed E-state index contributed by atoms with van der Waals surface area (Å²) in [6, 6.07) is 6.85. The van der Waals surface area contributed by atoms with E-state index in [0.717, 1.165) is 5.56 Å². The first-order valence-electron chi connectivity index (χ1n) is 7.10. The molecule has 2 heterocycles. The summed E-state index contributed by atoms with van der Waals surface area (Å²) in [5, 5.41) is 0. The molecule has 2 aromatic rings. The minimum atomic E-state index is -0.493. The maximum Gasteiger partial charge on any atom is 0.343 e. The average molecular weight is 316 g/mol. The van der Waals surface area contributed by atoms with Crippen LogP contribution in [0.3, 0.4) is 0 Å². The first kappa shape index (κ1) is 15.1. The largest absolute Gasteiger partial charge is 0.493 e. The smallest absolute Gasteiger partial charge is 0.343 e. The number of hydrogen-bond acceptors (Lipinski definition) is 6. The summed E-state index contributed by atoms with van der Waals surface area (Å²) in [6.07, 6.45) is 0.0658. The average Bonchev–Trinajstić information content (AvgIpc) is 2.52. The number of carbonyl (C=O) groups is 1. The molecule has 1 aliphatic heterocycles. The molecule has 0 N–H and O–H groups in total. The van der Waals surface area contributed by atoms with Crippen molar-refractivity contribution < 1.29 is 23.4 Å². The number of carbonyl (C=O) groups excluding carboxylic acids is 1. The van der Waals surface area contributed by atoms with Crippen LogP contribution in [0.15, 0.2) is 33.5 Å².